The number of fused-ring (bicyclic) bond motifs is 1. The van der Waals surface area contributed by atoms with Gasteiger partial charge in [-0.2, -0.15) is 13.2 Å². The van der Waals surface area contributed by atoms with Crippen LogP contribution in [0, 0.1) is 0 Å². The molecule has 0 saturated carbocycles. The number of aliphatic hydroxyl groups is 1. The summed E-state index contributed by atoms with van der Waals surface area (Å²) in [5.74, 6) is 0.192. The second kappa shape index (κ2) is 9.51. The van der Waals surface area contributed by atoms with Crippen molar-refractivity contribution in [2.45, 2.75) is 44.0 Å². The van der Waals surface area contributed by atoms with Crippen molar-refractivity contribution in [2.24, 2.45) is 0 Å². The molecular formula is C26H28F3NO2. The highest BCUT2D eigenvalue weighted by atomic mass is 19.4. The van der Waals surface area contributed by atoms with Crippen LogP contribution in [0.4, 0.5) is 13.2 Å². The Balaban J connectivity index is 1.48. The molecule has 3 aromatic carbocycles. The van der Waals surface area contributed by atoms with E-state index in [1.165, 1.54) is 6.07 Å². The lowest BCUT2D eigenvalue weighted by molar-refractivity contribution is -0.136. The molecule has 0 amide bonds. The van der Waals surface area contributed by atoms with Gasteiger partial charge >= 0.3 is 6.18 Å². The van der Waals surface area contributed by atoms with Crippen molar-refractivity contribution in [3.8, 4) is 5.75 Å². The number of alkyl halides is 3. The molecule has 0 spiro atoms. The molecule has 1 heterocycles. The van der Waals surface area contributed by atoms with Crippen LogP contribution in [0.2, 0.25) is 0 Å². The average molecular weight is 444 g/mol. The van der Waals surface area contributed by atoms with Gasteiger partial charge < -0.3 is 9.84 Å². The Morgan fingerprint density at radius 2 is 1.56 bits per heavy atom. The predicted molar refractivity (Wildman–Crippen MR) is 119 cm³/mol. The SMILES string of the molecule is OC(CCCOc1cc(C(F)(F)F)c2ccccc2c1)(c1ccccc1)N1CCCCC1. The molecule has 1 saturated heterocycles. The number of rotatable bonds is 7. The Morgan fingerprint density at radius 1 is 0.875 bits per heavy atom. The van der Waals surface area contributed by atoms with Crippen LogP contribution in [-0.2, 0) is 11.9 Å². The first kappa shape index (κ1) is 22.6. The Kier molecular flexibility index (Phi) is 6.72. The molecule has 0 aliphatic carbocycles. The van der Waals surface area contributed by atoms with Crippen molar-refractivity contribution in [2.75, 3.05) is 19.7 Å². The highest BCUT2D eigenvalue weighted by Crippen LogP contribution is 2.38. The second-order valence-corrected chi connectivity index (χ2v) is 8.37. The zero-order chi connectivity index (χ0) is 22.6. The molecule has 3 aromatic rings. The fourth-order valence-corrected chi connectivity index (χ4v) is 4.56. The minimum Gasteiger partial charge on any atom is -0.494 e. The summed E-state index contributed by atoms with van der Waals surface area (Å²) in [5.41, 5.74) is -0.961. The molecule has 1 unspecified atom stereocenters. The topological polar surface area (TPSA) is 32.7 Å². The number of hydrogen-bond donors (Lipinski definition) is 1. The first-order valence-corrected chi connectivity index (χ1v) is 11.1. The van der Waals surface area contributed by atoms with E-state index in [9.17, 15) is 18.3 Å². The molecule has 3 nitrogen and oxygen atoms in total. The van der Waals surface area contributed by atoms with E-state index in [2.05, 4.69) is 4.90 Å². The number of nitrogens with zero attached hydrogens (tertiary/aromatic N) is 1. The normalized spacial score (nSPS) is 17.2. The van der Waals surface area contributed by atoms with Gasteiger partial charge in [0.1, 0.15) is 11.5 Å². The molecule has 0 bridgehead atoms. The van der Waals surface area contributed by atoms with E-state index < -0.39 is 17.5 Å². The van der Waals surface area contributed by atoms with Crippen molar-refractivity contribution < 1.29 is 23.0 Å². The van der Waals surface area contributed by atoms with Crippen LogP contribution >= 0.6 is 0 Å². The molecular weight excluding hydrogens is 415 g/mol. The first-order chi connectivity index (χ1) is 15.4. The molecule has 1 atom stereocenters. The largest absolute Gasteiger partial charge is 0.494 e. The summed E-state index contributed by atoms with van der Waals surface area (Å²) in [5, 5.41) is 12.3. The predicted octanol–water partition coefficient (Wildman–Crippen LogP) is 6.35. The van der Waals surface area contributed by atoms with Crippen LogP contribution in [0.15, 0.2) is 66.7 Å². The smallest absolute Gasteiger partial charge is 0.417 e. The number of likely N-dealkylation sites (tertiary alicyclic amines) is 1. The monoisotopic (exact) mass is 443 g/mol. The number of benzene rings is 3. The third kappa shape index (κ3) is 4.92. The van der Waals surface area contributed by atoms with E-state index in [-0.39, 0.29) is 17.7 Å². The van der Waals surface area contributed by atoms with Gasteiger partial charge in [-0.3, -0.25) is 4.90 Å². The van der Waals surface area contributed by atoms with Crippen LogP contribution < -0.4 is 4.74 Å². The quantitative estimate of drug-likeness (QED) is 0.432. The maximum Gasteiger partial charge on any atom is 0.417 e. The molecule has 1 aliphatic heterocycles. The van der Waals surface area contributed by atoms with Gasteiger partial charge in [0.05, 0.1) is 12.2 Å². The van der Waals surface area contributed by atoms with Crippen LogP contribution in [0.1, 0.15) is 43.2 Å². The van der Waals surface area contributed by atoms with Crippen LogP contribution in [0.5, 0.6) is 5.75 Å². The third-order valence-electron chi connectivity index (χ3n) is 6.19. The molecule has 1 fully saturated rings. The minimum atomic E-state index is -4.46. The van der Waals surface area contributed by atoms with Gasteiger partial charge in [-0.05, 0) is 54.2 Å². The Morgan fingerprint density at radius 3 is 2.28 bits per heavy atom. The van der Waals surface area contributed by atoms with Gasteiger partial charge in [-0.1, -0.05) is 61.0 Å². The van der Waals surface area contributed by atoms with Gasteiger partial charge in [0.15, 0.2) is 0 Å². The van der Waals surface area contributed by atoms with Gasteiger partial charge in [0, 0.05) is 13.1 Å². The van der Waals surface area contributed by atoms with E-state index in [1.807, 2.05) is 30.3 Å². The van der Waals surface area contributed by atoms with Gasteiger partial charge in [-0.15, -0.1) is 0 Å². The molecule has 6 heteroatoms. The third-order valence-corrected chi connectivity index (χ3v) is 6.19. The van der Waals surface area contributed by atoms with Crippen LogP contribution in [0.3, 0.4) is 0 Å². The number of hydrogen-bond acceptors (Lipinski definition) is 3. The minimum absolute atomic E-state index is 0.163. The molecule has 0 radical (unpaired) electrons. The highest BCUT2D eigenvalue weighted by molar-refractivity contribution is 5.87. The molecule has 170 valence electrons. The van der Waals surface area contributed by atoms with Gasteiger partial charge in [-0.25, -0.2) is 0 Å². The van der Waals surface area contributed by atoms with Crippen LogP contribution in [-0.4, -0.2) is 29.7 Å². The maximum atomic E-state index is 13.5. The summed E-state index contributed by atoms with van der Waals surface area (Å²) in [6.07, 6.45) is -0.256. The van der Waals surface area contributed by atoms with E-state index in [1.54, 1.807) is 24.3 Å². The molecule has 1 aliphatic rings. The molecule has 4 rings (SSSR count). The summed E-state index contributed by atoms with van der Waals surface area (Å²) < 4.78 is 46.4. The van der Waals surface area contributed by atoms with Crippen LogP contribution in [0.25, 0.3) is 10.8 Å². The molecule has 32 heavy (non-hydrogen) atoms. The fraction of sp³-hybridized carbons (Fsp3) is 0.385. The number of piperidine rings is 1. The lowest BCUT2D eigenvalue weighted by Gasteiger charge is -2.42. The van der Waals surface area contributed by atoms with E-state index in [4.69, 9.17) is 4.74 Å². The Labute approximate surface area is 186 Å². The zero-order valence-electron chi connectivity index (χ0n) is 17.9. The number of halogens is 3. The van der Waals surface area contributed by atoms with Gasteiger partial charge in [0.25, 0.3) is 0 Å². The summed E-state index contributed by atoms with van der Waals surface area (Å²) in [6, 6.07) is 18.7. The average Bonchev–Trinajstić information content (AvgIpc) is 2.81. The molecule has 1 N–H and O–H groups in total. The van der Waals surface area contributed by atoms with E-state index in [0.717, 1.165) is 44.0 Å². The zero-order valence-corrected chi connectivity index (χ0v) is 17.9. The Hall–Kier alpha value is -2.57. The first-order valence-electron chi connectivity index (χ1n) is 11.1. The van der Waals surface area contributed by atoms with Crippen molar-refractivity contribution in [1.29, 1.82) is 0 Å². The standard InChI is InChI=1S/C26H28F3NO2/c27-26(28,29)24-19-22(18-20-10-5-6-13-23(20)24)32-17-9-14-25(31,21-11-3-1-4-12-21)30-15-7-2-8-16-30/h1,3-6,10-13,18-19,31H,2,7-9,14-17H2. The summed E-state index contributed by atoms with van der Waals surface area (Å²) in [7, 11) is 0. The van der Waals surface area contributed by atoms with Gasteiger partial charge in [0.2, 0.25) is 0 Å². The van der Waals surface area contributed by atoms with Crippen molar-refractivity contribution in [3.05, 3.63) is 77.9 Å². The van der Waals surface area contributed by atoms with Crippen molar-refractivity contribution in [3.63, 3.8) is 0 Å². The van der Waals surface area contributed by atoms with E-state index in [0.29, 0.717) is 18.2 Å². The lowest BCUT2D eigenvalue weighted by atomic mass is 9.93. The number of ether oxygens (including phenoxy) is 1. The maximum absolute atomic E-state index is 13.5. The highest BCUT2D eigenvalue weighted by Gasteiger charge is 2.36. The van der Waals surface area contributed by atoms with Crippen molar-refractivity contribution in [1.82, 2.24) is 4.90 Å². The molecule has 0 aromatic heterocycles. The fourth-order valence-electron chi connectivity index (χ4n) is 4.56. The summed E-state index contributed by atoms with van der Waals surface area (Å²) >= 11 is 0. The summed E-state index contributed by atoms with van der Waals surface area (Å²) in [4.78, 5) is 2.11. The Bertz CT molecular complexity index is 1030. The summed E-state index contributed by atoms with van der Waals surface area (Å²) in [6.45, 7) is 1.87. The lowest BCUT2D eigenvalue weighted by Crippen LogP contribution is -2.48. The van der Waals surface area contributed by atoms with Crippen molar-refractivity contribution >= 4 is 10.8 Å². The van der Waals surface area contributed by atoms with E-state index >= 15 is 0 Å². The second-order valence-electron chi connectivity index (χ2n) is 8.37.